The highest BCUT2D eigenvalue weighted by molar-refractivity contribution is 7.90. The first-order chi connectivity index (χ1) is 13.9. The molecular formula is C20H23ClN4O3S. The summed E-state index contributed by atoms with van der Waals surface area (Å²) in [6, 6.07) is 7.07. The summed E-state index contributed by atoms with van der Waals surface area (Å²) in [5.41, 5.74) is 2.31. The molecule has 0 bridgehead atoms. The molecule has 2 aromatic heterocycles. The molecule has 0 unspecified atom stereocenters. The predicted molar refractivity (Wildman–Crippen MR) is 110 cm³/mol. The highest BCUT2D eigenvalue weighted by atomic mass is 35.5. The maximum atomic E-state index is 12.2. The molecule has 154 valence electrons. The lowest BCUT2D eigenvalue weighted by atomic mass is 10.1. The molecule has 1 saturated carbocycles. The number of nitrogens with zero attached hydrogens (tertiary/aromatic N) is 4. The number of ether oxygens (including phenoxy) is 1. The van der Waals surface area contributed by atoms with Crippen molar-refractivity contribution in [2.75, 3.05) is 6.26 Å². The summed E-state index contributed by atoms with van der Waals surface area (Å²) in [6.45, 7) is 3.23. The number of aromatic nitrogens is 4. The quantitative estimate of drug-likeness (QED) is 0.540. The fourth-order valence-corrected chi connectivity index (χ4v) is 4.57. The minimum atomic E-state index is -3.43. The fraction of sp³-hybridized carbons (Fsp3) is 0.400. The van der Waals surface area contributed by atoms with Gasteiger partial charge >= 0.3 is 0 Å². The van der Waals surface area contributed by atoms with Gasteiger partial charge in [-0.2, -0.15) is 10.2 Å². The van der Waals surface area contributed by atoms with Gasteiger partial charge in [-0.25, -0.2) is 13.1 Å². The molecular weight excluding hydrogens is 412 g/mol. The molecule has 0 atom stereocenters. The van der Waals surface area contributed by atoms with Crippen molar-refractivity contribution in [2.45, 2.75) is 50.3 Å². The van der Waals surface area contributed by atoms with E-state index in [1.165, 1.54) is 19.1 Å². The zero-order chi connectivity index (χ0) is 20.6. The standard InChI is InChI=1S/C20H23ClN4O3S/c1-3-25-19(11-17(23-25)14-5-6-14)28-13-15-7-8-18(29(2,26)27)16(20(15)21)12-24-10-4-9-22-24/h4,7-11,14H,3,5-6,12-13H2,1-2H3. The first-order valence-electron chi connectivity index (χ1n) is 9.55. The van der Waals surface area contributed by atoms with E-state index in [1.807, 2.05) is 17.7 Å². The number of rotatable bonds is 8. The van der Waals surface area contributed by atoms with Gasteiger partial charge in [0.05, 0.1) is 22.2 Å². The van der Waals surface area contributed by atoms with Gasteiger partial charge in [0.25, 0.3) is 0 Å². The van der Waals surface area contributed by atoms with Crippen LogP contribution in [0.25, 0.3) is 0 Å². The molecule has 0 aliphatic heterocycles. The second-order valence-electron chi connectivity index (χ2n) is 7.28. The van der Waals surface area contributed by atoms with Crippen molar-refractivity contribution in [3.05, 3.63) is 58.5 Å². The van der Waals surface area contributed by atoms with Crippen molar-refractivity contribution in [3.63, 3.8) is 0 Å². The molecule has 7 nitrogen and oxygen atoms in total. The van der Waals surface area contributed by atoms with Crippen LogP contribution in [0.2, 0.25) is 5.02 Å². The van der Waals surface area contributed by atoms with Gasteiger partial charge in [-0.15, -0.1) is 0 Å². The van der Waals surface area contributed by atoms with Gasteiger partial charge in [-0.1, -0.05) is 17.7 Å². The molecule has 0 saturated heterocycles. The van der Waals surface area contributed by atoms with Crippen LogP contribution >= 0.6 is 11.6 Å². The van der Waals surface area contributed by atoms with Crippen LogP contribution in [0, 0.1) is 0 Å². The highest BCUT2D eigenvalue weighted by Crippen LogP contribution is 2.40. The average Bonchev–Trinajstić information content (AvgIpc) is 3.23. The van der Waals surface area contributed by atoms with Crippen molar-refractivity contribution in [2.24, 2.45) is 0 Å². The van der Waals surface area contributed by atoms with E-state index in [-0.39, 0.29) is 18.0 Å². The Labute approximate surface area is 175 Å². The molecule has 3 aromatic rings. The van der Waals surface area contributed by atoms with Crippen LogP contribution < -0.4 is 4.74 Å². The van der Waals surface area contributed by atoms with Crippen LogP contribution in [0.15, 0.2) is 41.6 Å². The lowest BCUT2D eigenvalue weighted by molar-refractivity contribution is 0.273. The molecule has 2 heterocycles. The van der Waals surface area contributed by atoms with Crippen LogP contribution in [0.1, 0.15) is 42.5 Å². The summed E-state index contributed by atoms with van der Waals surface area (Å²) in [7, 11) is -3.43. The fourth-order valence-electron chi connectivity index (χ4n) is 3.31. The second-order valence-corrected chi connectivity index (χ2v) is 9.64. The Morgan fingerprint density at radius 2 is 2.10 bits per heavy atom. The molecule has 0 amide bonds. The molecule has 29 heavy (non-hydrogen) atoms. The van der Waals surface area contributed by atoms with Gasteiger partial charge < -0.3 is 4.74 Å². The highest BCUT2D eigenvalue weighted by Gasteiger charge is 2.27. The molecule has 1 aliphatic carbocycles. The summed E-state index contributed by atoms with van der Waals surface area (Å²) in [5.74, 6) is 1.25. The van der Waals surface area contributed by atoms with E-state index < -0.39 is 9.84 Å². The normalized spacial score (nSPS) is 14.3. The first-order valence-corrected chi connectivity index (χ1v) is 11.8. The topological polar surface area (TPSA) is 79.0 Å². The summed E-state index contributed by atoms with van der Waals surface area (Å²) < 4.78 is 34.0. The Bertz CT molecular complexity index is 1120. The van der Waals surface area contributed by atoms with Gasteiger partial charge in [-0.05, 0) is 31.9 Å². The van der Waals surface area contributed by atoms with Gasteiger partial charge in [0, 0.05) is 48.3 Å². The van der Waals surface area contributed by atoms with Crippen LogP contribution in [0.3, 0.4) is 0 Å². The van der Waals surface area contributed by atoms with Crippen molar-refractivity contribution >= 4 is 21.4 Å². The van der Waals surface area contributed by atoms with Gasteiger partial charge in [0.15, 0.2) is 9.84 Å². The van der Waals surface area contributed by atoms with E-state index in [0.29, 0.717) is 28.9 Å². The van der Waals surface area contributed by atoms with E-state index in [2.05, 4.69) is 10.2 Å². The lowest BCUT2D eigenvalue weighted by Crippen LogP contribution is -2.11. The zero-order valence-corrected chi connectivity index (χ0v) is 17.9. The van der Waals surface area contributed by atoms with Crippen molar-refractivity contribution < 1.29 is 13.2 Å². The average molecular weight is 435 g/mol. The summed E-state index contributed by atoms with van der Waals surface area (Å²) in [5, 5.41) is 9.16. The third-order valence-electron chi connectivity index (χ3n) is 4.99. The number of hydrogen-bond donors (Lipinski definition) is 0. The van der Waals surface area contributed by atoms with E-state index in [1.54, 1.807) is 35.3 Å². The van der Waals surface area contributed by atoms with Gasteiger partial charge in [-0.3, -0.25) is 4.68 Å². The zero-order valence-electron chi connectivity index (χ0n) is 16.4. The Balaban J connectivity index is 1.62. The molecule has 1 aliphatic rings. The van der Waals surface area contributed by atoms with E-state index in [4.69, 9.17) is 16.3 Å². The van der Waals surface area contributed by atoms with E-state index in [0.717, 1.165) is 11.3 Å². The number of sulfone groups is 1. The third kappa shape index (κ3) is 4.33. The minimum Gasteiger partial charge on any atom is -0.473 e. The molecule has 9 heteroatoms. The largest absolute Gasteiger partial charge is 0.473 e. The molecule has 4 rings (SSSR count). The number of benzene rings is 1. The molecule has 0 radical (unpaired) electrons. The Morgan fingerprint density at radius 3 is 2.72 bits per heavy atom. The van der Waals surface area contributed by atoms with Gasteiger partial charge in [0.2, 0.25) is 5.88 Å². The molecule has 0 N–H and O–H groups in total. The van der Waals surface area contributed by atoms with Crippen LogP contribution in [0.4, 0.5) is 0 Å². The predicted octanol–water partition coefficient (Wildman–Crippen LogP) is 3.66. The SMILES string of the molecule is CCn1nc(C2CC2)cc1OCc1ccc(S(C)(=O)=O)c(Cn2cccn2)c1Cl. The molecule has 0 spiro atoms. The van der Waals surface area contributed by atoms with Crippen LogP contribution in [0.5, 0.6) is 5.88 Å². The van der Waals surface area contributed by atoms with Crippen molar-refractivity contribution in [1.29, 1.82) is 0 Å². The number of aryl methyl sites for hydroxylation is 1. The monoisotopic (exact) mass is 434 g/mol. The third-order valence-corrected chi connectivity index (χ3v) is 6.64. The maximum Gasteiger partial charge on any atom is 0.212 e. The summed E-state index contributed by atoms with van der Waals surface area (Å²) in [6.07, 6.45) is 6.95. The van der Waals surface area contributed by atoms with E-state index in [9.17, 15) is 8.42 Å². The number of hydrogen-bond acceptors (Lipinski definition) is 5. The van der Waals surface area contributed by atoms with E-state index >= 15 is 0 Å². The first kappa shape index (κ1) is 20.0. The lowest BCUT2D eigenvalue weighted by Gasteiger charge is -2.15. The van der Waals surface area contributed by atoms with Crippen molar-refractivity contribution in [3.8, 4) is 5.88 Å². The summed E-state index contributed by atoms with van der Waals surface area (Å²) in [4.78, 5) is 0.205. The summed E-state index contributed by atoms with van der Waals surface area (Å²) >= 11 is 6.63. The maximum absolute atomic E-state index is 12.2. The van der Waals surface area contributed by atoms with Crippen LogP contribution in [-0.4, -0.2) is 34.2 Å². The number of halogens is 1. The molecule has 1 aromatic carbocycles. The van der Waals surface area contributed by atoms with Crippen molar-refractivity contribution in [1.82, 2.24) is 19.6 Å². The Morgan fingerprint density at radius 1 is 1.31 bits per heavy atom. The van der Waals surface area contributed by atoms with Crippen LogP contribution in [-0.2, 0) is 29.5 Å². The second kappa shape index (κ2) is 7.84. The Hall–Kier alpha value is -2.32. The molecule has 1 fully saturated rings. The smallest absolute Gasteiger partial charge is 0.212 e. The minimum absolute atomic E-state index is 0.205. The van der Waals surface area contributed by atoms with Gasteiger partial charge in [0.1, 0.15) is 6.61 Å². The Kier molecular flexibility index (Phi) is 5.40.